The van der Waals surface area contributed by atoms with Crippen molar-refractivity contribution in [3.8, 4) is 11.5 Å². The van der Waals surface area contributed by atoms with E-state index in [1.54, 1.807) is 0 Å². The van der Waals surface area contributed by atoms with Crippen LogP contribution in [-0.4, -0.2) is 21.3 Å². The molecule has 0 radical (unpaired) electrons. The van der Waals surface area contributed by atoms with E-state index in [2.05, 4.69) is 26.1 Å². The number of aliphatic carboxylic acids is 1. The molecule has 0 bridgehead atoms. The van der Waals surface area contributed by atoms with Crippen molar-refractivity contribution in [1.82, 2.24) is 10.2 Å². The highest BCUT2D eigenvalue weighted by atomic mass is 79.9. The SMILES string of the molecule is O=C(O)CCc1nnc(-c2cccc(Br)c2)o1. The third-order valence-electron chi connectivity index (χ3n) is 2.09. The number of carboxylic acid groups (broad SMARTS) is 1. The van der Waals surface area contributed by atoms with Crippen molar-refractivity contribution in [2.24, 2.45) is 0 Å². The van der Waals surface area contributed by atoms with Gasteiger partial charge >= 0.3 is 5.97 Å². The molecular weight excluding hydrogens is 288 g/mol. The van der Waals surface area contributed by atoms with Crippen molar-refractivity contribution in [3.05, 3.63) is 34.6 Å². The predicted octanol–water partition coefficient (Wildman–Crippen LogP) is 2.52. The van der Waals surface area contributed by atoms with Gasteiger partial charge in [0.1, 0.15) is 0 Å². The Kier molecular flexibility index (Phi) is 3.53. The monoisotopic (exact) mass is 296 g/mol. The lowest BCUT2D eigenvalue weighted by atomic mass is 10.2. The minimum absolute atomic E-state index is 0.0138. The first-order valence-corrected chi connectivity index (χ1v) is 5.74. The number of benzene rings is 1. The van der Waals surface area contributed by atoms with Gasteiger partial charge in [0.2, 0.25) is 11.8 Å². The fourth-order valence-corrected chi connectivity index (χ4v) is 1.71. The molecule has 6 heteroatoms. The van der Waals surface area contributed by atoms with Gasteiger partial charge in [-0.1, -0.05) is 22.0 Å². The molecule has 1 heterocycles. The number of carboxylic acids is 1. The lowest BCUT2D eigenvalue weighted by Gasteiger charge is -1.94. The summed E-state index contributed by atoms with van der Waals surface area (Å²) < 4.78 is 6.29. The van der Waals surface area contributed by atoms with Crippen LogP contribution in [0.5, 0.6) is 0 Å². The topological polar surface area (TPSA) is 76.2 Å². The Labute approximate surface area is 106 Å². The first kappa shape index (κ1) is 11.8. The molecule has 0 saturated heterocycles. The molecule has 2 rings (SSSR count). The Bertz CT molecular complexity index is 539. The van der Waals surface area contributed by atoms with Gasteiger partial charge < -0.3 is 9.52 Å². The van der Waals surface area contributed by atoms with Gasteiger partial charge in [-0.05, 0) is 18.2 Å². The lowest BCUT2D eigenvalue weighted by molar-refractivity contribution is -0.137. The van der Waals surface area contributed by atoms with E-state index < -0.39 is 5.97 Å². The molecule has 0 aliphatic rings. The van der Waals surface area contributed by atoms with Gasteiger partial charge in [-0.15, -0.1) is 10.2 Å². The second-order valence-electron chi connectivity index (χ2n) is 3.41. The summed E-state index contributed by atoms with van der Waals surface area (Å²) in [6.07, 6.45) is 0.233. The number of nitrogens with zero attached hydrogens (tertiary/aromatic N) is 2. The van der Waals surface area contributed by atoms with Gasteiger partial charge in [0.25, 0.3) is 0 Å². The molecule has 0 aliphatic carbocycles. The quantitative estimate of drug-likeness (QED) is 0.938. The highest BCUT2D eigenvalue weighted by Crippen LogP contribution is 2.21. The summed E-state index contributed by atoms with van der Waals surface area (Å²) in [5.74, 6) is -0.152. The van der Waals surface area contributed by atoms with Gasteiger partial charge in [-0.25, -0.2) is 0 Å². The molecule has 1 N–H and O–H groups in total. The van der Waals surface area contributed by atoms with Gasteiger partial charge in [0.05, 0.1) is 6.42 Å². The number of halogens is 1. The maximum atomic E-state index is 10.4. The molecule has 0 amide bonds. The average molecular weight is 297 g/mol. The van der Waals surface area contributed by atoms with Crippen LogP contribution in [0.1, 0.15) is 12.3 Å². The Morgan fingerprint density at radius 1 is 1.41 bits per heavy atom. The molecule has 5 nitrogen and oxygen atoms in total. The van der Waals surface area contributed by atoms with Crippen LogP contribution >= 0.6 is 15.9 Å². The summed E-state index contributed by atoms with van der Waals surface area (Å²) in [4.78, 5) is 10.4. The van der Waals surface area contributed by atoms with E-state index in [0.717, 1.165) is 10.0 Å². The van der Waals surface area contributed by atoms with E-state index in [1.165, 1.54) is 0 Å². The second kappa shape index (κ2) is 5.09. The fourth-order valence-electron chi connectivity index (χ4n) is 1.31. The molecule has 1 aromatic heterocycles. The molecule has 17 heavy (non-hydrogen) atoms. The summed E-state index contributed by atoms with van der Waals surface area (Å²) >= 11 is 3.35. The summed E-state index contributed by atoms with van der Waals surface area (Å²) in [6, 6.07) is 7.46. The minimum atomic E-state index is -0.882. The van der Waals surface area contributed by atoms with Crippen LogP contribution < -0.4 is 0 Å². The van der Waals surface area contributed by atoms with E-state index in [-0.39, 0.29) is 12.8 Å². The standard InChI is InChI=1S/C11H9BrN2O3/c12-8-3-1-2-7(6-8)11-14-13-9(17-11)4-5-10(15)16/h1-3,6H,4-5H2,(H,15,16). The first-order valence-electron chi connectivity index (χ1n) is 4.95. The van der Waals surface area contributed by atoms with Crippen LogP contribution in [-0.2, 0) is 11.2 Å². The number of aromatic nitrogens is 2. The molecule has 0 atom stereocenters. The predicted molar refractivity (Wildman–Crippen MR) is 63.4 cm³/mol. The van der Waals surface area contributed by atoms with Crippen LogP contribution in [0.25, 0.3) is 11.5 Å². The van der Waals surface area contributed by atoms with Crippen LogP contribution in [0.15, 0.2) is 33.2 Å². The summed E-state index contributed by atoms with van der Waals surface area (Å²) in [7, 11) is 0. The van der Waals surface area contributed by atoms with Crippen molar-refractivity contribution in [2.75, 3.05) is 0 Å². The number of rotatable bonds is 4. The number of hydrogen-bond donors (Lipinski definition) is 1. The van der Waals surface area contributed by atoms with Crippen LogP contribution in [0.3, 0.4) is 0 Å². The lowest BCUT2D eigenvalue weighted by Crippen LogP contribution is -1.97. The summed E-state index contributed by atoms with van der Waals surface area (Å²) in [6.45, 7) is 0. The molecule has 88 valence electrons. The Hall–Kier alpha value is -1.69. The third-order valence-corrected chi connectivity index (χ3v) is 2.58. The van der Waals surface area contributed by atoms with Gasteiger partial charge in [0, 0.05) is 16.5 Å². The average Bonchev–Trinajstić information content (AvgIpc) is 2.75. The zero-order valence-electron chi connectivity index (χ0n) is 8.76. The van der Waals surface area contributed by atoms with Gasteiger partial charge in [-0.3, -0.25) is 4.79 Å². The van der Waals surface area contributed by atoms with Gasteiger partial charge in [0.15, 0.2) is 0 Å². The van der Waals surface area contributed by atoms with E-state index in [0.29, 0.717) is 11.8 Å². The molecule has 0 unspecified atom stereocenters. The van der Waals surface area contributed by atoms with Crippen molar-refractivity contribution in [3.63, 3.8) is 0 Å². The smallest absolute Gasteiger partial charge is 0.303 e. The highest BCUT2D eigenvalue weighted by Gasteiger charge is 2.09. The Balaban J connectivity index is 2.15. The van der Waals surface area contributed by atoms with E-state index in [4.69, 9.17) is 9.52 Å². The van der Waals surface area contributed by atoms with E-state index in [9.17, 15) is 4.79 Å². The van der Waals surface area contributed by atoms with Crippen LogP contribution in [0, 0.1) is 0 Å². The second-order valence-corrected chi connectivity index (χ2v) is 4.32. The Morgan fingerprint density at radius 2 is 2.24 bits per heavy atom. The molecule has 0 spiro atoms. The maximum absolute atomic E-state index is 10.4. The molecule has 0 saturated carbocycles. The number of hydrogen-bond acceptors (Lipinski definition) is 4. The molecule has 0 fully saturated rings. The molecular formula is C11H9BrN2O3. The first-order chi connectivity index (χ1) is 8.15. The zero-order chi connectivity index (χ0) is 12.3. The van der Waals surface area contributed by atoms with Crippen molar-refractivity contribution in [2.45, 2.75) is 12.8 Å². The summed E-state index contributed by atoms with van der Waals surface area (Å²) in [5.41, 5.74) is 0.799. The van der Waals surface area contributed by atoms with Crippen LogP contribution in [0.2, 0.25) is 0 Å². The largest absolute Gasteiger partial charge is 0.481 e. The number of carbonyl (C=O) groups is 1. The molecule has 2 aromatic rings. The van der Waals surface area contributed by atoms with Gasteiger partial charge in [-0.2, -0.15) is 0 Å². The third kappa shape index (κ3) is 3.13. The van der Waals surface area contributed by atoms with Crippen molar-refractivity contribution < 1.29 is 14.3 Å². The van der Waals surface area contributed by atoms with Crippen molar-refractivity contribution >= 4 is 21.9 Å². The maximum Gasteiger partial charge on any atom is 0.303 e. The van der Waals surface area contributed by atoms with E-state index >= 15 is 0 Å². The van der Waals surface area contributed by atoms with Crippen LogP contribution in [0.4, 0.5) is 0 Å². The molecule has 1 aromatic carbocycles. The fraction of sp³-hybridized carbons (Fsp3) is 0.182. The van der Waals surface area contributed by atoms with Crippen molar-refractivity contribution in [1.29, 1.82) is 0 Å². The normalized spacial score (nSPS) is 10.4. The number of aryl methyl sites for hydroxylation is 1. The minimum Gasteiger partial charge on any atom is -0.481 e. The zero-order valence-corrected chi connectivity index (χ0v) is 10.3. The Morgan fingerprint density at radius 3 is 2.94 bits per heavy atom. The highest BCUT2D eigenvalue weighted by molar-refractivity contribution is 9.10. The summed E-state index contributed by atoms with van der Waals surface area (Å²) in [5, 5.41) is 16.2. The van der Waals surface area contributed by atoms with E-state index in [1.807, 2.05) is 24.3 Å². The molecule has 0 aliphatic heterocycles.